The molecule has 0 unspecified atom stereocenters. The highest BCUT2D eigenvalue weighted by Gasteiger charge is 2.40. The molecule has 0 bridgehead atoms. The van der Waals surface area contributed by atoms with Gasteiger partial charge >= 0.3 is 0 Å². The second-order valence-electron chi connectivity index (χ2n) is 7.68. The lowest BCUT2D eigenvalue weighted by atomic mass is 10.1. The Bertz CT molecular complexity index is 361. The zero-order valence-corrected chi connectivity index (χ0v) is 17.2. The standard InChI is InChI=1S/C22H42O5/c1-2-3-4-5-6-7-8-9-10-11-12-13-14-15-16-26-20-18-27-22(21(20)25)19(24)17-23/h7-8,19-25H,2-6,9-18H2,1H3/b8-7+/t19-,20+,21-,22-/m0/s1. The monoisotopic (exact) mass is 386 g/mol. The van der Waals surface area contributed by atoms with Gasteiger partial charge in [0.2, 0.25) is 0 Å². The first kappa shape index (κ1) is 24.6. The molecule has 0 spiro atoms. The number of aliphatic hydroxyl groups is 3. The Labute approximate surface area is 165 Å². The molecule has 0 aromatic heterocycles. The molecule has 0 radical (unpaired) electrons. The van der Waals surface area contributed by atoms with Crippen molar-refractivity contribution in [3.05, 3.63) is 12.2 Å². The van der Waals surface area contributed by atoms with Gasteiger partial charge in [-0.1, -0.05) is 64.0 Å². The summed E-state index contributed by atoms with van der Waals surface area (Å²) in [6, 6.07) is 0. The molecule has 1 fully saturated rings. The molecule has 1 aliphatic rings. The molecule has 5 nitrogen and oxygen atoms in total. The van der Waals surface area contributed by atoms with Crippen molar-refractivity contribution >= 4 is 0 Å². The molecule has 0 aliphatic carbocycles. The highest BCUT2D eigenvalue weighted by atomic mass is 16.6. The Morgan fingerprint density at radius 1 is 0.963 bits per heavy atom. The van der Waals surface area contributed by atoms with Crippen LogP contribution < -0.4 is 0 Å². The van der Waals surface area contributed by atoms with E-state index in [1.165, 1.54) is 64.2 Å². The molecule has 1 aliphatic heterocycles. The van der Waals surface area contributed by atoms with E-state index in [1.807, 2.05) is 0 Å². The first-order chi connectivity index (χ1) is 13.2. The van der Waals surface area contributed by atoms with Crippen LogP contribution in [0.4, 0.5) is 0 Å². The van der Waals surface area contributed by atoms with Crippen LogP contribution in [0.5, 0.6) is 0 Å². The minimum absolute atomic E-state index is 0.273. The second-order valence-corrected chi connectivity index (χ2v) is 7.68. The van der Waals surface area contributed by atoms with Gasteiger partial charge in [-0.15, -0.1) is 0 Å². The van der Waals surface area contributed by atoms with Gasteiger partial charge in [0, 0.05) is 6.61 Å². The van der Waals surface area contributed by atoms with Gasteiger partial charge in [-0.2, -0.15) is 0 Å². The Morgan fingerprint density at radius 2 is 1.56 bits per heavy atom. The lowest BCUT2D eigenvalue weighted by Gasteiger charge is -2.20. The number of unbranched alkanes of at least 4 members (excludes halogenated alkanes) is 10. The summed E-state index contributed by atoms with van der Waals surface area (Å²) in [7, 11) is 0. The molecule has 0 aromatic rings. The quantitative estimate of drug-likeness (QED) is 0.262. The van der Waals surface area contributed by atoms with E-state index in [1.54, 1.807) is 0 Å². The van der Waals surface area contributed by atoms with E-state index in [4.69, 9.17) is 14.6 Å². The van der Waals surface area contributed by atoms with Crippen LogP contribution in [-0.4, -0.2) is 59.6 Å². The summed E-state index contributed by atoms with van der Waals surface area (Å²) in [5.41, 5.74) is 0. The smallest absolute Gasteiger partial charge is 0.114 e. The third kappa shape index (κ3) is 11.2. The summed E-state index contributed by atoms with van der Waals surface area (Å²) in [6.45, 7) is 2.71. The van der Waals surface area contributed by atoms with Crippen LogP contribution in [-0.2, 0) is 9.47 Å². The molecule has 160 valence electrons. The van der Waals surface area contributed by atoms with Crippen LogP contribution in [0.1, 0.15) is 84.0 Å². The molecule has 1 rings (SSSR count). The van der Waals surface area contributed by atoms with Crippen LogP contribution in [0.15, 0.2) is 12.2 Å². The molecule has 4 atom stereocenters. The minimum atomic E-state index is -1.05. The molecule has 1 heterocycles. The maximum Gasteiger partial charge on any atom is 0.114 e. The molecular formula is C22H42O5. The average molecular weight is 387 g/mol. The maximum atomic E-state index is 10.0. The molecule has 5 heteroatoms. The maximum absolute atomic E-state index is 10.0. The molecule has 1 saturated heterocycles. The Kier molecular flexibility index (Phi) is 15.0. The molecule has 27 heavy (non-hydrogen) atoms. The fourth-order valence-electron chi connectivity index (χ4n) is 3.43. The van der Waals surface area contributed by atoms with Crippen molar-refractivity contribution in [2.24, 2.45) is 0 Å². The number of ether oxygens (including phenoxy) is 2. The Balaban J connectivity index is 1.86. The summed E-state index contributed by atoms with van der Waals surface area (Å²) in [4.78, 5) is 0. The van der Waals surface area contributed by atoms with Gasteiger partial charge in [-0.25, -0.2) is 0 Å². The van der Waals surface area contributed by atoms with E-state index in [0.29, 0.717) is 6.61 Å². The molecule has 0 saturated carbocycles. The normalized spacial score (nSPS) is 24.1. The van der Waals surface area contributed by atoms with Crippen molar-refractivity contribution in [2.75, 3.05) is 19.8 Å². The third-order valence-electron chi connectivity index (χ3n) is 5.22. The number of aliphatic hydroxyl groups excluding tert-OH is 3. The number of rotatable bonds is 17. The van der Waals surface area contributed by atoms with Crippen LogP contribution in [0.2, 0.25) is 0 Å². The zero-order chi connectivity index (χ0) is 19.7. The topological polar surface area (TPSA) is 79.2 Å². The summed E-state index contributed by atoms with van der Waals surface area (Å²) in [5.74, 6) is 0. The van der Waals surface area contributed by atoms with Crippen molar-refractivity contribution in [3.8, 4) is 0 Å². The first-order valence-corrected chi connectivity index (χ1v) is 11.1. The van der Waals surface area contributed by atoms with Gasteiger partial charge in [-0.3, -0.25) is 0 Å². The zero-order valence-electron chi connectivity index (χ0n) is 17.2. The van der Waals surface area contributed by atoms with E-state index < -0.39 is 31.0 Å². The van der Waals surface area contributed by atoms with Crippen LogP contribution in [0.25, 0.3) is 0 Å². The Morgan fingerprint density at radius 3 is 2.19 bits per heavy atom. The largest absolute Gasteiger partial charge is 0.394 e. The summed E-state index contributed by atoms with van der Waals surface area (Å²) < 4.78 is 11.0. The first-order valence-electron chi connectivity index (χ1n) is 11.1. The summed E-state index contributed by atoms with van der Waals surface area (Å²) in [5, 5.41) is 28.5. The van der Waals surface area contributed by atoms with E-state index in [0.717, 1.165) is 12.8 Å². The average Bonchev–Trinajstić information content (AvgIpc) is 3.04. The van der Waals surface area contributed by atoms with Crippen LogP contribution >= 0.6 is 0 Å². The molecular weight excluding hydrogens is 344 g/mol. The van der Waals surface area contributed by atoms with Gasteiger partial charge in [0.25, 0.3) is 0 Å². The Hall–Kier alpha value is -0.460. The van der Waals surface area contributed by atoms with E-state index >= 15 is 0 Å². The second kappa shape index (κ2) is 16.5. The van der Waals surface area contributed by atoms with Crippen molar-refractivity contribution in [1.82, 2.24) is 0 Å². The summed E-state index contributed by atoms with van der Waals surface area (Å²) >= 11 is 0. The predicted octanol–water partition coefficient (Wildman–Crippen LogP) is 3.74. The van der Waals surface area contributed by atoms with Crippen molar-refractivity contribution < 1.29 is 24.8 Å². The van der Waals surface area contributed by atoms with Gasteiger partial charge in [0.1, 0.15) is 24.4 Å². The minimum Gasteiger partial charge on any atom is -0.394 e. The number of hydrogen-bond donors (Lipinski definition) is 3. The van der Waals surface area contributed by atoms with E-state index in [9.17, 15) is 10.2 Å². The number of hydrogen-bond acceptors (Lipinski definition) is 5. The fraction of sp³-hybridized carbons (Fsp3) is 0.909. The van der Waals surface area contributed by atoms with Gasteiger partial charge < -0.3 is 24.8 Å². The predicted molar refractivity (Wildman–Crippen MR) is 109 cm³/mol. The summed E-state index contributed by atoms with van der Waals surface area (Å²) in [6.07, 6.45) is 16.6. The van der Waals surface area contributed by atoms with E-state index in [2.05, 4.69) is 19.1 Å². The fourth-order valence-corrected chi connectivity index (χ4v) is 3.43. The molecule has 0 aromatic carbocycles. The number of allylic oxidation sites excluding steroid dienone is 2. The molecule has 3 N–H and O–H groups in total. The van der Waals surface area contributed by atoms with Gasteiger partial charge in [0.05, 0.1) is 13.2 Å². The SMILES string of the molecule is CCCCCC/C=C/CCCCCCCCO[C@@H]1CO[C@@H]([C@@H](O)CO)[C@H]1O. The highest BCUT2D eigenvalue weighted by molar-refractivity contribution is 4.88. The van der Waals surface area contributed by atoms with Gasteiger partial charge in [-0.05, 0) is 32.1 Å². The van der Waals surface area contributed by atoms with Gasteiger partial charge in [0.15, 0.2) is 0 Å². The third-order valence-corrected chi connectivity index (χ3v) is 5.22. The van der Waals surface area contributed by atoms with Crippen molar-refractivity contribution in [1.29, 1.82) is 0 Å². The lowest BCUT2D eigenvalue weighted by molar-refractivity contribution is -0.0730. The van der Waals surface area contributed by atoms with E-state index in [-0.39, 0.29) is 6.61 Å². The molecule has 0 amide bonds. The van der Waals surface area contributed by atoms with Crippen LogP contribution in [0, 0.1) is 0 Å². The highest BCUT2D eigenvalue weighted by Crippen LogP contribution is 2.20. The van der Waals surface area contributed by atoms with Crippen molar-refractivity contribution in [3.63, 3.8) is 0 Å². The van der Waals surface area contributed by atoms with Crippen molar-refractivity contribution in [2.45, 2.75) is 108 Å². The lowest BCUT2D eigenvalue weighted by Crippen LogP contribution is -2.41. The van der Waals surface area contributed by atoms with Crippen LogP contribution in [0.3, 0.4) is 0 Å².